The van der Waals surface area contributed by atoms with Crippen LogP contribution >= 0.6 is 0 Å². The molecule has 144 valence electrons. The highest BCUT2D eigenvalue weighted by molar-refractivity contribution is 5.89. The fourth-order valence-electron chi connectivity index (χ4n) is 3.54. The predicted molar refractivity (Wildman–Crippen MR) is 111 cm³/mol. The molecule has 0 spiro atoms. The van der Waals surface area contributed by atoms with Crippen molar-refractivity contribution in [2.75, 3.05) is 10.2 Å². The second-order valence-electron chi connectivity index (χ2n) is 7.55. The number of hydrogen-bond donors (Lipinski definition) is 2. The number of nitrogens with one attached hydrogen (secondary N) is 2. The summed E-state index contributed by atoms with van der Waals surface area (Å²) in [4.78, 5) is 19.0. The first kappa shape index (κ1) is 19.2. The monoisotopic (exact) mass is 366 g/mol. The van der Waals surface area contributed by atoms with E-state index in [0.29, 0.717) is 12.1 Å². The highest BCUT2D eigenvalue weighted by Crippen LogP contribution is 2.20. The first-order valence-electron chi connectivity index (χ1n) is 9.96. The Hall–Kier alpha value is -2.56. The molecule has 0 radical (unpaired) electrons. The van der Waals surface area contributed by atoms with Crippen LogP contribution in [-0.2, 0) is 6.54 Å². The summed E-state index contributed by atoms with van der Waals surface area (Å²) in [5, 5.41) is 5.97. The van der Waals surface area contributed by atoms with Crippen LogP contribution in [0.2, 0.25) is 0 Å². The molecule has 0 atom stereocenters. The summed E-state index contributed by atoms with van der Waals surface area (Å²) in [5.74, 6) is 0.909. The van der Waals surface area contributed by atoms with E-state index in [4.69, 9.17) is 0 Å². The van der Waals surface area contributed by atoms with Crippen molar-refractivity contribution < 1.29 is 4.79 Å². The van der Waals surface area contributed by atoms with Crippen LogP contribution in [0.4, 0.5) is 16.3 Å². The highest BCUT2D eigenvalue weighted by atomic mass is 16.2. The minimum Gasteiger partial charge on any atom is -0.350 e. The summed E-state index contributed by atoms with van der Waals surface area (Å²) in [6, 6.07) is 14.8. The van der Waals surface area contributed by atoms with E-state index in [9.17, 15) is 4.79 Å². The van der Waals surface area contributed by atoms with Gasteiger partial charge in [-0.2, -0.15) is 0 Å². The topological polar surface area (TPSA) is 57.3 Å². The lowest BCUT2D eigenvalue weighted by atomic mass is 9.96. The van der Waals surface area contributed by atoms with Crippen LogP contribution in [-0.4, -0.2) is 23.1 Å². The molecular formula is C22H30N4O. The lowest BCUT2D eigenvalue weighted by Crippen LogP contribution is -2.39. The summed E-state index contributed by atoms with van der Waals surface area (Å²) >= 11 is 0. The second-order valence-corrected chi connectivity index (χ2v) is 7.55. The Morgan fingerprint density at radius 3 is 2.48 bits per heavy atom. The van der Waals surface area contributed by atoms with Gasteiger partial charge in [-0.1, -0.05) is 49.6 Å². The Balaban J connectivity index is 1.59. The van der Waals surface area contributed by atoms with Crippen LogP contribution in [0.3, 0.4) is 0 Å². The molecule has 1 heterocycles. The first-order chi connectivity index (χ1) is 13.1. The molecule has 1 fully saturated rings. The summed E-state index contributed by atoms with van der Waals surface area (Å²) in [6.45, 7) is 5.13. The number of carbonyl (C=O) groups excluding carboxylic acids is 1. The number of rotatable bonds is 6. The number of benzene rings is 1. The second kappa shape index (κ2) is 9.40. The molecule has 0 saturated heterocycles. The predicted octanol–water partition coefficient (Wildman–Crippen LogP) is 4.95. The molecule has 5 heteroatoms. The highest BCUT2D eigenvalue weighted by Gasteiger charge is 2.16. The smallest absolute Gasteiger partial charge is 0.319 e. The molecule has 5 nitrogen and oxygen atoms in total. The molecule has 27 heavy (non-hydrogen) atoms. The molecule has 0 aliphatic heterocycles. The molecule has 3 rings (SSSR count). The fourth-order valence-corrected chi connectivity index (χ4v) is 3.54. The number of urea groups is 1. The molecule has 1 aliphatic rings. The Kier molecular flexibility index (Phi) is 6.69. The van der Waals surface area contributed by atoms with Crippen LogP contribution in [0.1, 0.15) is 51.5 Å². The van der Waals surface area contributed by atoms with Crippen molar-refractivity contribution in [3.05, 3.63) is 54.2 Å². The zero-order valence-corrected chi connectivity index (χ0v) is 16.3. The van der Waals surface area contributed by atoms with Crippen molar-refractivity contribution in [2.45, 2.75) is 64.6 Å². The lowest BCUT2D eigenvalue weighted by molar-refractivity contribution is 0.244. The summed E-state index contributed by atoms with van der Waals surface area (Å²) in [5.41, 5.74) is 1.97. The number of hydrogen-bond acceptors (Lipinski definition) is 3. The van der Waals surface area contributed by atoms with Gasteiger partial charge >= 0.3 is 6.03 Å². The molecular weight excluding hydrogens is 336 g/mol. The molecule has 1 aromatic carbocycles. The van der Waals surface area contributed by atoms with Gasteiger partial charge in [0.1, 0.15) is 5.82 Å². The van der Waals surface area contributed by atoms with Gasteiger partial charge in [-0.25, -0.2) is 9.78 Å². The van der Waals surface area contributed by atoms with E-state index in [2.05, 4.69) is 58.6 Å². The first-order valence-corrected chi connectivity index (χ1v) is 9.96. The van der Waals surface area contributed by atoms with Gasteiger partial charge in [0.15, 0.2) is 0 Å². The Morgan fingerprint density at radius 2 is 1.85 bits per heavy atom. The van der Waals surface area contributed by atoms with Crippen molar-refractivity contribution in [3.8, 4) is 0 Å². The van der Waals surface area contributed by atoms with E-state index >= 15 is 0 Å². The molecule has 1 aromatic heterocycles. The number of nitrogens with zero attached hydrogens (tertiary/aromatic N) is 2. The zero-order valence-electron chi connectivity index (χ0n) is 16.3. The number of anilines is 2. The van der Waals surface area contributed by atoms with Gasteiger partial charge in [0, 0.05) is 18.6 Å². The fraction of sp³-hybridized carbons (Fsp3) is 0.455. The van der Waals surface area contributed by atoms with E-state index in [1.165, 1.54) is 24.8 Å². The van der Waals surface area contributed by atoms with Crippen molar-refractivity contribution in [1.82, 2.24) is 10.3 Å². The Labute approximate surface area is 162 Å². The van der Waals surface area contributed by atoms with Crippen molar-refractivity contribution in [1.29, 1.82) is 0 Å². The minimum absolute atomic E-state index is 0.138. The van der Waals surface area contributed by atoms with E-state index in [-0.39, 0.29) is 6.03 Å². The molecule has 0 bridgehead atoms. The third-order valence-electron chi connectivity index (χ3n) is 5.06. The quantitative estimate of drug-likeness (QED) is 0.760. The van der Waals surface area contributed by atoms with Gasteiger partial charge in [0.05, 0.1) is 11.9 Å². The van der Waals surface area contributed by atoms with Crippen LogP contribution < -0.4 is 15.5 Å². The van der Waals surface area contributed by atoms with Crippen LogP contribution in [0, 0.1) is 0 Å². The van der Waals surface area contributed by atoms with Gasteiger partial charge in [-0.15, -0.1) is 0 Å². The molecule has 0 unspecified atom stereocenters. The van der Waals surface area contributed by atoms with E-state index in [1.54, 1.807) is 6.20 Å². The normalized spacial score (nSPS) is 14.8. The van der Waals surface area contributed by atoms with Crippen molar-refractivity contribution in [2.24, 2.45) is 0 Å². The maximum atomic E-state index is 12.2. The molecule has 2 aromatic rings. The maximum absolute atomic E-state index is 12.2. The number of carbonyl (C=O) groups is 1. The van der Waals surface area contributed by atoms with Crippen LogP contribution in [0.15, 0.2) is 48.7 Å². The number of pyridine rings is 1. The Morgan fingerprint density at radius 1 is 1.11 bits per heavy atom. The van der Waals surface area contributed by atoms with Gasteiger partial charge in [0.2, 0.25) is 0 Å². The molecule has 2 N–H and O–H groups in total. The van der Waals surface area contributed by atoms with Gasteiger partial charge in [0.25, 0.3) is 0 Å². The average Bonchev–Trinajstić information content (AvgIpc) is 2.68. The summed E-state index contributed by atoms with van der Waals surface area (Å²) in [6.07, 6.45) is 7.57. The molecule has 1 saturated carbocycles. The van der Waals surface area contributed by atoms with E-state index in [0.717, 1.165) is 30.9 Å². The van der Waals surface area contributed by atoms with Crippen LogP contribution in [0.25, 0.3) is 0 Å². The summed E-state index contributed by atoms with van der Waals surface area (Å²) in [7, 11) is 0. The third-order valence-corrected chi connectivity index (χ3v) is 5.06. The standard InChI is InChI=1S/C22H30N4O/c1-17(2)26(16-18-9-5-3-6-10-18)21-14-13-20(15-23-21)25-22(27)24-19-11-7-4-8-12-19/h3,5-6,9-10,13-15,17,19H,4,7-8,11-12,16H2,1-2H3,(H2,24,25,27). The van der Waals surface area contributed by atoms with E-state index < -0.39 is 0 Å². The number of amides is 2. The maximum Gasteiger partial charge on any atom is 0.319 e. The minimum atomic E-state index is -0.138. The van der Waals surface area contributed by atoms with Crippen molar-refractivity contribution in [3.63, 3.8) is 0 Å². The largest absolute Gasteiger partial charge is 0.350 e. The number of aromatic nitrogens is 1. The van der Waals surface area contributed by atoms with Crippen LogP contribution in [0.5, 0.6) is 0 Å². The molecule has 1 aliphatic carbocycles. The van der Waals surface area contributed by atoms with Gasteiger partial charge in [-0.3, -0.25) is 0 Å². The Bertz CT molecular complexity index is 709. The van der Waals surface area contributed by atoms with Gasteiger partial charge in [-0.05, 0) is 44.4 Å². The summed E-state index contributed by atoms with van der Waals surface area (Å²) < 4.78 is 0. The van der Waals surface area contributed by atoms with Gasteiger partial charge < -0.3 is 15.5 Å². The zero-order chi connectivity index (χ0) is 19.1. The third kappa shape index (κ3) is 5.71. The van der Waals surface area contributed by atoms with E-state index in [1.807, 2.05) is 18.2 Å². The van der Waals surface area contributed by atoms with Crippen molar-refractivity contribution >= 4 is 17.5 Å². The molecule has 2 amide bonds. The average molecular weight is 367 g/mol. The SMILES string of the molecule is CC(C)N(Cc1ccccc1)c1ccc(NC(=O)NC2CCCCC2)cn1. The lowest BCUT2D eigenvalue weighted by Gasteiger charge is -2.28.